The van der Waals surface area contributed by atoms with Crippen LogP contribution in [0.2, 0.25) is 0 Å². The van der Waals surface area contributed by atoms with Crippen LogP contribution in [0, 0.1) is 0 Å². The Morgan fingerprint density at radius 1 is 0.291 bits per heavy atom. The normalized spacial score (nSPS) is 12.3. The van der Waals surface area contributed by atoms with E-state index in [2.05, 4.69) is 180 Å². The minimum atomic E-state index is 0.0387. The molecule has 6 heteroatoms. The lowest BCUT2D eigenvalue weighted by molar-refractivity contribution is 0.590. The third-order valence-corrected chi connectivity index (χ3v) is 9.72. The van der Waals surface area contributed by atoms with Gasteiger partial charge in [-0.15, -0.1) is 0 Å². The molecule has 0 saturated carbocycles. The zero-order valence-electron chi connectivity index (χ0n) is 35.6. The lowest BCUT2D eigenvalue weighted by Gasteiger charge is -2.19. The summed E-state index contributed by atoms with van der Waals surface area (Å²) in [6.45, 7) is 30.6. The minimum Gasteiger partial charge on any atom is -0.213 e. The van der Waals surface area contributed by atoms with Crippen LogP contribution in [-0.4, -0.2) is 29.9 Å². The average molecular weight is 733 g/mol. The van der Waals surface area contributed by atoms with Crippen LogP contribution in [-0.2, 0) is 28.1 Å². The molecule has 6 rings (SSSR count). The maximum absolute atomic E-state index is 5.03. The highest BCUT2D eigenvalue weighted by molar-refractivity contribution is 5.64. The van der Waals surface area contributed by atoms with Gasteiger partial charge < -0.3 is 0 Å². The summed E-state index contributed by atoms with van der Waals surface area (Å²) in [4.78, 5) is 30.2. The monoisotopic (exact) mass is 732 g/mol. The van der Waals surface area contributed by atoms with Crippen LogP contribution in [0.1, 0.15) is 131 Å². The number of nitrogens with zero attached hydrogens (tertiary/aromatic N) is 6. The van der Waals surface area contributed by atoms with Crippen LogP contribution in [0.15, 0.2) is 97.1 Å². The Kier molecular flexibility index (Phi) is 11.9. The summed E-state index contributed by atoms with van der Waals surface area (Å²) in [5.74, 6) is 3.68. The van der Waals surface area contributed by atoms with Crippen molar-refractivity contribution < 1.29 is 0 Å². The Morgan fingerprint density at radius 2 is 0.473 bits per heavy atom. The molecule has 0 saturated heterocycles. The van der Waals surface area contributed by atoms with Crippen LogP contribution >= 0.6 is 0 Å². The Morgan fingerprint density at radius 3 is 0.636 bits per heavy atom. The topological polar surface area (TPSA) is 77.3 Å². The van der Waals surface area contributed by atoms with Gasteiger partial charge in [0.25, 0.3) is 0 Å². The first kappa shape index (κ1) is 41.1. The van der Waals surface area contributed by atoms with E-state index in [9.17, 15) is 0 Å². The van der Waals surface area contributed by atoms with Crippen molar-refractivity contribution in [3.05, 3.63) is 131 Å². The van der Waals surface area contributed by atoms with Gasteiger partial charge in [0.2, 0.25) is 0 Å². The Balaban J connectivity index is 0.00000285. The SMILES string of the molecule is CC.CC(C)(C)c1ccc(-c2nc(Cc3nc(-c4ccc(C(C)(C)C)cc4)nc(-c4ccc(C(C)(C)C)cc4)n3)nc(-c3ccc(C(C)(C)C)cc3)n2)cc1. The van der Waals surface area contributed by atoms with Crippen LogP contribution in [0.3, 0.4) is 0 Å². The van der Waals surface area contributed by atoms with Crippen molar-refractivity contribution in [2.75, 3.05) is 0 Å². The van der Waals surface area contributed by atoms with Crippen molar-refractivity contribution in [2.45, 2.75) is 125 Å². The molecule has 0 fully saturated rings. The van der Waals surface area contributed by atoms with E-state index in [1.165, 1.54) is 22.3 Å². The summed E-state index contributed by atoms with van der Waals surface area (Å²) in [5, 5.41) is 0. The largest absolute Gasteiger partial charge is 0.213 e. The summed E-state index contributed by atoms with van der Waals surface area (Å²) in [6, 6.07) is 34.1. The molecule has 55 heavy (non-hydrogen) atoms. The van der Waals surface area contributed by atoms with Crippen molar-refractivity contribution in [3.8, 4) is 45.6 Å². The average Bonchev–Trinajstić information content (AvgIpc) is 3.14. The van der Waals surface area contributed by atoms with E-state index < -0.39 is 0 Å². The molecular weight excluding hydrogens is 673 g/mol. The van der Waals surface area contributed by atoms with Gasteiger partial charge >= 0.3 is 0 Å². The molecule has 286 valence electrons. The minimum absolute atomic E-state index is 0.0387. The number of hydrogen-bond donors (Lipinski definition) is 0. The van der Waals surface area contributed by atoms with Gasteiger partial charge in [-0.3, -0.25) is 0 Å². The Hall–Kier alpha value is -5.10. The summed E-state index contributed by atoms with van der Waals surface area (Å²) in [5.41, 5.74) is 8.91. The van der Waals surface area contributed by atoms with Gasteiger partial charge in [-0.2, -0.15) is 0 Å². The molecule has 6 aromatic rings. The number of hydrogen-bond acceptors (Lipinski definition) is 6. The highest BCUT2D eigenvalue weighted by Gasteiger charge is 2.20. The molecule has 0 aliphatic rings. The van der Waals surface area contributed by atoms with E-state index in [4.69, 9.17) is 29.9 Å². The zero-order chi connectivity index (χ0) is 40.3. The van der Waals surface area contributed by atoms with Crippen LogP contribution in [0.25, 0.3) is 45.6 Å². The number of rotatable bonds is 6. The van der Waals surface area contributed by atoms with E-state index >= 15 is 0 Å². The molecule has 0 amide bonds. The van der Waals surface area contributed by atoms with Gasteiger partial charge in [-0.05, 0) is 43.9 Å². The van der Waals surface area contributed by atoms with Crippen molar-refractivity contribution in [1.29, 1.82) is 0 Å². The third kappa shape index (κ3) is 10.2. The number of aromatic nitrogens is 6. The maximum Gasteiger partial charge on any atom is 0.163 e. The summed E-state index contributed by atoms with van der Waals surface area (Å²) < 4.78 is 0. The highest BCUT2D eigenvalue weighted by atomic mass is 15.1. The van der Waals surface area contributed by atoms with Crippen LogP contribution in [0.4, 0.5) is 0 Å². The summed E-state index contributed by atoms with van der Waals surface area (Å²) in [7, 11) is 0. The fourth-order valence-corrected chi connectivity index (χ4v) is 6.13. The molecule has 0 atom stereocenters. The molecule has 0 aliphatic heterocycles. The first-order chi connectivity index (χ1) is 25.7. The summed E-state index contributed by atoms with van der Waals surface area (Å²) in [6.07, 6.45) is 0.311. The quantitative estimate of drug-likeness (QED) is 0.170. The second kappa shape index (κ2) is 15.9. The van der Waals surface area contributed by atoms with Gasteiger partial charge in [0.15, 0.2) is 23.3 Å². The molecule has 2 heterocycles. The molecule has 6 nitrogen and oxygen atoms in total. The van der Waals surface area contributed by atoms with Crippen LogP contribution in [0.5, 0.6) is 0 Å². The smallest absolute Gasteiger partial charge is 0.163 e. The molecule has 0 spiro atoms. The standard InChI is InChI=1S/C47H54N6.C2H6/c1-44(2,3)34-21-13-30(14-22-34)40-48-38(49-41(52-40)31-15-23-35(24-16-31)45(4,5)6)29-39-50-42(32-17-25-36(26-18-32)46(7,8)9)53-43(51-39)33-19-27-37(28-20-33)47(10,11)12;1-2/h13-28H,29H2,1-12H3;1-2H3. The van der Waals surface area contributed by atoms with E-state index in [-0.39, 0.29) is 21.7 Å². The lowest BCUT2D eigenvalue weighted by atomic mass is 9.86. The fraction of sp³-hybridized carbons (Fsp3) is 0.388. The van der Waals surface area contributed by atoms with Gasteiger partial charge in [-0.1, -0.05) is 194 Å². The van der Waals surface area contributed by atoms with Gasteiger partial charge in [0.1, 0.15) is 11.6 Å². The number of benzene rings is 4. The predicted octanol–water partition coefficient (Wildman–Crippen LogP) is 12.5. The molecule has 0 unspecified atom stereocenters. The fourth-order valence-electron chi connectivity index (χ4n) is 6.13. The molecule has 0 aliphatic carbocycles. The molecule has 4 aromatic carbocycles. The lowest BCUT2D eigenvalue weighted by Crippen LogP contribution is -2.12. The molecule has 0 bridgehead atoms. The van der Waals surface area contributed by atoms with Crippen LogP contribution < -0.4 is 0 Å². The van der Waals surface area contributed by atoms with Crippen molar-refractivity contribution >= 4 is 0 Å². The van der Waals surface area contributed by atoms with E-state index in [1.54, 1.807) is 0 Å². The van der Waals surface area contributed by atoms with E-state index in [0.717, 1.165) is 22.3 Å². The molecular formula is C49H60N6. The molecule has 0 N–H and O–H groups in total. The Labute approximate surface area is 330 Å². The predicted molar refractivity (Wildman–Crippen MR) is 230 cm³/mol. The van der Waals surface area contributed by atoms with Crippen molar-refractivity contribution in [2.24, 2.45) is 0 Å². The molecule has 0 radical (unpaired) electrons. The second-order valence-corrected chi connectivity index (χ2v) is 18.3. The first-order valence-electron chi connectivity index (χ1n) is 19.7. The maximum atomic E-state index is 5.03. The first-order valence-corrected chi connectivity index (χ1v) is 19.7. The second-order valence-electron chi connectivity index (χ2n) is 18.3. The highest BCUT2D eigenvalue weighted by Crippen LogP contribution is 2.30. The van der Waals surface area contributed by atoms with Gasteiger partial charge in [-0.25, -0.2) is 29.9 Å². The van der Waals surface area contributed by atoms with E-state index in [0.29, 0.717) is 41.4 Å². The van der Waals surface area contributed by atoms with E-state index in [1.807, 2.05) is 13.8 Å². The molecule has 2 aromatic heterocycles. The third-order valence-electron chi connectivity index (χ3n) is 9.72. The van der Waals surface area contributed by atoms with Gasteiger partial charge in [0, 0.05) is 22.3 Å². The van der Waals surface area contributed by atoms with Gasteiger partial charge in [0.05, 0.1) is 6.42 Å². The Bertz CT molecular complexity index is 1880. The van der Waals surface area contributed by atoms with Crippen molar-refractivity contribution in [1.82, 2.24) is 29.9 Å². The van der Waals surface area contributed by atoms with Crippen molar-refractivity contribution in [3.63, 3.8) is 0 Å². The summed E-state index contributed by atoms with van der Waals surface area (Å²) >= 11 is 0. The zero-order valence-corrected chi connectivity index (χ0v) is 35.6.